The van der Waals surface area contributed by atoms with E-state index in [4.69, 9.17) is 0 Å². The Bertz CT molecular complexity index is 859. The van der Waals surface area contributed by atoms with Gasteiger partial charge in [-0.25, -0.2) is 19.7 Å². The molecule has 2 amide bonds. The minimum Gasteiger partial charge on any atom is -0.340 e. The Kier molecular flexibility index (Phi) is 4.71. The number of carbonyl (C=O) groups excluding carboxylic acids is 1. The fourth-order valence-electron chi connectivity index (χ4n) is 1.93. The van der Waals surface area contributed by atoms with Crippen molar-refractivity contribution in [1.82, 2.24) is 24.2 Å². The second-order valence-electron chi connectivity index (χ2n) is 4.80. The van der Waals surface area contributed by atoms with Gasteiger partial charge < -0.3 is 5.32 Å². The average Bonchev–Trinajstić information content (AvgIpc) is 2.61. The highest BCUT2D eigenvalue weighted by molar-refractivity contribution is 7.78. The Morgan fingerprint density at radius 1 is 1.17 bits per heavy atom. The van der Waals surface area contributed by atoms with Crippen molar-refractivity contribution in [3.05, 3.63) is 42.9 Å². The van der Waals surface area contributed by atoms with Gasteiger partial charge in [-0.1, -0.05) is 12.8 Å². The van der Waals surface area contributed by atoms with Gasteiger partial charge in [-0.3, -0.25) is 14.6 Å². The molecule has 0 saturated heterocycles. The number of anilines is 3. The Morgan fingerprint density at radius 3 is 2.67 bits per heavy atom. The lowest BCUT2D eigenvalue weighted by atomic mass is 10.3. The average molecular weight is 341 g/mol. The molecule has 8 nitrogen and oxygen atoms in total. The topological polar surface area (TPSA) is 95.9 Å². The molecule has 0 radical (unpaired) electrons. The summed E-state index contributed by atoms with van der Waals surface area (Å²) in [7, 11) is 0. The molecule has 0 aliphatic carbocycles. The SMILES string of the molecule is CCN(S)C(=O)Nc1cnc2ccc(Nc3ccncc3)nc2n1. The van der Waals surface area contributed by atoms with E-state index in [-0.39, 0.29) is 6.03 Å². The first-order valence-electron chi connectivity index (χ1n) is 7.24. The van der Waals surface area contributed by atoms with E-state index >= 15 is 0 Å². The summed E-state index contributed by atoms with van der Waals surface area (Å²) in [6.07, 6.45) is 4.86. The molecular weight excluding hydrogens is 326 g/mol. The number of pyridine rings is 2. The number of urea groups is 1. The molecule has 0 saturated carbocycles. The van der Waals surface area contributed by atoms with Gasteiger partial charge in [-0.2, -0.15) is 0 Å². The van der Waals surface area contributed by atoms with Crippen LogP contribution < -0.4 is 10.6 Å². The third-order valence-electron chi connectivity index (χ3n) is 3.13. The molecule has 9 heteroatoms. The predicted molar refractivity (Wildman–Crippen MR) is 95.2 cm³/mol. The molecule has 2 N–H and O–H groups in total. The monoisotopic (exact) mass is 341 g/mol. The summed E-state index contributed by atoms with van der Waals surface area (Å²) in [4.78, 5) is 28.8. The molecule has 3 rings (SSSR count). The summed E-state index contributed by atoms with van der Waals surface area (Å²) in [6.45, 7) is 2.28. The van der Waals surface area contributed by atoms with Crippen molar-refractivity contribution >= 4 is 47.3 Å². The summed E-state index contributed by atoms with van der Waals surface area (Å²) in [6, 6.07) is 6.91. The highest BCUT2D eigenvalue weighted by Gasteiger charge is 2.10. The first-order valence-corrected chi connectivity index (χ1v) is 7.64. The van der Waals surface area contributed by atoms with Gasteiger partial charge in [-0.15, -0.1) is 0 Å². The minimum absolute atomic E-state index is 0.313. The summed E-state index contributed by atoms with van der Waals surface area (Å²) in [5.41, 5.74) is 1.92. The third kappa shape index (κ3) is 3.69. The van der Waals surface area contributed by atoms with Gasteiger partial charge >= 0.3 is 6.03 Å². The standard InChI is InChI=1S/C15H15N7OS/c1-2-22(24)15(23)21-13-9-17-11-3-4-12(19-14(11)20-13)18-10-5-7-16-8-6-10/h3-9,24H,2H2,1H3,(H2,16,18,19,20,21,23). The molecule has 0 aliphatic rings. The van der Waals surface area contributed by atoms with E-state index in [0.717, 1.165) is 5.69 Å². The number of thiol groups is 1. The number of amides is 2. The van der Waals surface area contributed by atoms with Crippen molar-refractivity contribution in [3.8, 4) is 0 Å². The molecule has 24 heavy (non-hydrogen) atoms. The number of hydrogen-bond acceptors (Lipinski definition) is 7. The number of carbonyl (C=O) groups is 1. The van der Waals surface area contributed by atoms with Crippen LogP contribution in [0.25, 0.3) is 11.2 Å². The fraction of sp³-hybridized carbons (Fsp3) is 0.133. The molecule has 3 aromatic heterocycles. The van der Waals surface area contributed by atoms with Crippen LogP contribution in [-0.2, 0) is 0 Å². The van der Waals surface area contributed by atoms with E-state index in [2.05, 4.69) is 43.4 Å². The zero-order valence-electron chi connectivity index (χ0n) is 12.8. The number of nitrogens with one attached hydrogen (secondary N) is 2. The molecule has 3 aromatic rings. The minimum atomic E-state index is -0.374. The van der Waals surface area contributed by atoms with Gasteiger partial charge in [0.2, 0.25) is 0 Å². The van der Waals surface area contributed by atoms with Gasteiger partial charge in [0.1, 0.15) is 11.3 Å². The number of nitrogens with zero attached hydrogens (tertiary/aromatic N) is 5. The van der Waals surface area contributed by atoms with Crippen LogP contribution in [0.4, 0.5) is 22.1 Å². The van der Waals surface area contributed by atoms with Crippen LogP contribution in [0.2, 0.25) is 0 Å². The summed E-state index contributed by atoms with van der Waals surface area (Å²) < 4.78 is 1.24. The molecular formula is C15H15N7OS. The maximum Gasteiger partial charge on any atom is 0.332 e. The lowest BCUT2D eigenvalue weighted by Crippen LogP contribution is -2.27. The molecule has 122 valence electrons. The molecule has 0 spiro atoms. The molecule has 0 atom stereocenters. The van der Waals surface area contributed by atoms with Crippen LogP contribution in [0.3, 0.4) is 0 Å². The van der Waals surface area contributed by atoms with Crippen molar-refractivity contribution in [1.29, 1.82) is 0 Å². The van der Waals surface area contributed by atoms with Crippen LogP contribution in [0.5, 0.6) is 0 Å². The van der Waals surface area contributed by atoms with E-state index in [0.29, 0.717) is 29.3 Å². The first kappa shape index (κ1) is 15.9. The molecule has 0 bridgehead atoms. The van der Waals surface area contributed by atoms with Crippen LogP contribution in [-0.4, -0.2) is 36.8 Å². The highest BCUT2D eigenvalue weighted by atomic mass is 32.1. The zero-order chi connectivity index (χ0) is 16.9. The zero-order valence-corrected chi connectivity index (χ0v) is 13.7. The van der Waals surface area contributed by atoms with Gasteiger partial charge in [-0.05, 0) is 31.2 Å². The van der Waals surface area contributed by atoms with Crippen molar-refractivity contribution < 1.29 is 4.79 Å². The number of aromatic nitrogens is 4. The van der Waals surface area contributed by atoms with Crippen molar-refractivity contribution in [3.63, 3.8) is 0 Å². The van der Waals surface area contributed by atoms with Crippen molar-refractivity contribution in [2.75, 3.05) is 17.2 Å². The predicted octanol–water partition coefficient (Wildman–Crippen LogP) is 2.86. The van der Waals surface area contributed by atoms with E-state index in [9.17, 15) is 4.79 Å². The summed E-state index contributed by atoms with van der Waals surface area (Å²) in [5.74, 6) is 0.935. The van der Waals surface area contributed by atoms with Crippen molar-refractivity contribution in [2.24, 2.45) is 0 Å². The van der Waals surface area contributed by atoms with Crippen LogP contribution in [0.15, 0.2) is 42.9 Å². The van der Waals surface area contributed by atoms with Gasteiger partial charge in [0.15, 0.2) is 11.5 Å². The van der Waals surface area contributed by atoms with E-state index in [1.807, 2.05) is 25.1 Å². The molecule has 0 unspecified atom stereocenters. The maximum absolute atomic E-state index is 11.8. The summed E-state index contributed by atoms with van der Waals surface area (Å²) >= 11 is 4.04. The van der Waals surface area contributed by atoms with Crippen LogP contribution in [0, 0.1) is 0 Å². The second-order valence-corrected chi connectivity index (χ2v) is 5.28. The van der Waals surface area contributed by atoms with E-state index in [1.165, 1.54) is 10.5 Å². The molecule has 0 aromatic carbocycles. The number of hydrogen-bond donors (Lipinski definition) is 3. The normalized spacial score (nSPS) is 10.4. The van der Waals surface area contributed by atoms with Gasteiger partial charge in [0, 0.05) is 24.6 Å². The molecule has 0 fully saturated rings. The maximum atomic E-state index is 11.8. The summed E-state index contributed by atoms with van der Waals surface area (Å²) in [5, 5.41) is 5.78. The van der Waals surface area contributed by atoms with E-state index < -0.39 is 0 Å². The quantitative estimate of drug-likeness (QED) is 0.632. The Morgan fingerprint density at radius 2 is 1.92 bits per heavy atom. The van der Waals surface area contributed by atoms with Crippen LogP contribution >= 0.6 is 12.8 Å². The largest absolute Gasteiger partial charge is 0.340 e. The molecule has 0 aliphatic heterocycles. The van der Waals surface area contributed by atoms with Crippen molar-refractivity contribution in [2.45, 2.75) is 6.92 Å². The Hall–Kier alpha value is -2.94. The number of rotatable bonds is 4. The number of fused-ring (bicyclic) bond motifs is 1. The molecule has 3 heterocycles. The second kappa shape index (κ2) is 7.09. The Balaban J connectivity index is 1.84. The lowest BCUT2D eigenvalue weighted by molar-refractivity contribution is 0.240. The first-order chi connectivity index (χ1) is 11.7. The third-order valence-corrected chi connectivity index (χ3v) is 3.59. The Labute approximate surface area is 143 Å². The lowest BCUT2D eigenvalue weighted by Gasteiger charge is -2.13. The van der Waals surface area contributed by atoms with Gasteiger partial charge in [0.25, 0.3) is 0 Å². The van der Waals surface area contributed by atoms with Crippen LogP contribution in [0.1, 0.15) is 6.92 Å². The smallest absolute Gasteiger partial charge is 0.332 e. The fourth-order valence-corrected chi connectivity index (χ4v) is 1.98. The van der Waals surface area contributed by atoms with E-state index in [1.54, 1.807) is 18.5 Å². The highest BCUT2D eigenvalue weighted by Crippen LogP contribution is 2.17. The van der Waals surface area contributed by atoms with Gasteiger partial charge in [0.05, 0.1) is 6.20 Å².